The molecule has 25 heavy (non-hydrogen) atoms. The van der Waals surface area contributed by atoms with Crippen LogP contribution in [0.4, 0.5) is 8.78 Å². The number of benzene rings is 2. The minimum atomic E-state index is -1.17. The summed E-state index contributed by atoms with van der Waals surface area (Å²) in [5.41, 5.74) is 2.87. The summed E-state index contributed by atoms with van der Waals surface area (Å²) in [5, 5.41) is 11.8. The van der Waals surface area contributed by atoms with Gasteiger partial charge in [0.2, 0.25) is 5.91 Å². The number of aryl methyl sites for hydroxylation is 2. The van der Waals surface area contributed by atoms with Crippen LogP contribution >= 0.6 is 0 Å². The van der Waals surface area contributed by atoms with Gasteiger partial charge in [-0.3, -0.25) is 4.79 Å². The van der Waals surface area contributed by atoms with Gasteiger partial charge in [0.15, 0.2) is 0 Å². The molecule has 0 saturated heterocycles. The fourth-order valence-corrected chi connectivity index (χ4v) is 2.72. The van der Waals surface area contributed by atoms with Gasteiger partial charge in [0.05, 0.1) is 6.42 Å². The number of rotatable bonds is 6. The van der Waals surface area contributed by atoms with Gasteiger partial charge in [-0.05, 0) is 48.2 Å². The molecule has 0 spiro atoms. The van der Waals surface area contributed by atoms with E-state index in [2.05, 4.69) is 5.32 Å². The lowest BCUT2D eigenvalue weighted by Gasteiger charge is -2.17. The predicted octanol–water partition coefficient (Wildman–Crippen LogP) is 2.94. The van der Waals surface area contributed by atoms with Crippen molar-refractivity contribution in [1.29, 1.82) is 0 Å². The highest BCUT2D eigenvalue weighted by atomic mass is 19.1. The van der Waals surface area contributed by atoms with Gasteiger partial charge in [-0.1, -0.05) is 18.2 Å². The molecule has 0 heterocycles. The van der Waals surface area contributed by atoms with Gasteiger partial charge >= 0.3 is 5.97 Å². The van der Waals surface area contributed by atoms with Crippen molar-refractivity contribution in [2.24, 2.45) is 0 Å². The Morgan fingerprint density at radius 1 is 1.08 bits per heavy atom. The number of carbonyl (C=O) groups excluding carboxylic acids is 1. The van der Waals surface area contributed by atoms with Gasteiger partial charge in [-0.25, -0.2) is 13.6 Å². The molecule has 1 amide bonds. The summed E-state index contributed by atoms with van der Waals surface area (Å²) in [5.74, 6) is -3.34. The van der Waals surface area contributed by atoms with Crippen LogP contribution < -0.4 is 5.32 Å². The Bertz CT molecular complexity index is 765. The standard InChI is InChI=1S/C19H19F2NO3/c1-11-4-3-5-12(2)16(11)10-17(19(24)25)22-18(23)8-13-6-14(20)9-15(21)7-13/h3-7,9,17H,8,10H2,1-2H3,(H,22,23)(H,24,25)/t17-/m1/s1. The summed E-state index contributed by atoms with van der Waals surface area (Å²) >= 11 is 0. The molecule has 2 N–H and O–H groups in total. The number of hydrogen-bond acceptors (Lipinski definition) is 2. The molecule has 2 rings (SSSR count). The van der Waals surface area contributed by atoms with Crippen LogP contribution in [0.5, 0.6) is 0 Å². The molecule has 0 radical (unpaired) electrons. The average Bonchev–Trinajstić information content (AvgIpc) is 2.48. The molecule has 0 aliphatic heterocycles. The van der Waals surface area contributed by atoms with Gasteiger partial charge in [-0.2, -0.15) is 0 Å². The Hall–Kier alpha value is -2.76. The first kappa shape index (κ1) is 18.6. The van der Waals surface area contributed by atoms with E-state index in [0.717, 1.165) is 28.8 Å². The first-order chi connectivity index (χ1) is 11.8. The number of halogens is 2. The molecule has 2 aromatic carbocycles. The van der Waals surface area contributed by atoms with Crippen molar-refractivity contribution in [3.63, 3.8) is 0 Å². The zero-order valence-electron chi connectivity index (χ0n) is 14.0. The first-order valence-electron chi connectivity index (χ1n) is 7.78. The van der Waals surface area contributed by atoms with E-state index in [1.165, 1.54) is 0 Å². The number of aliphatic carboxylic acids is 1. The molecule has 1 atom stereocenters. The first-order valence-corrected chi connectivity index (χ1v) is 7.78. The lowest BCUT2D eigenvalue weighted by molar-refractivity contribution is -0.141. The summed E-state index contributed by atoms with van der Waals surface area (Å²) < 4.78 is 26.4. The normalized spacial score (nSPS) is 11.8. The predicted molar refractivity (Wildman–Crippen MR) is 89.2 cm³/mol. The summed E-state index contributed by atoms with van der Waals surface area (Å²) in [4.78, 5) is 23.6. The van der Waals surface area contributed by atoms with Crippen molar-refractivity contribution < 1.29 is 23.5 Å². The van der Waals surface area contributed by atoms with Gasteiger partial charge in [0.25, 0.3) is 0 Å². The quantitative estimate of drug-likeness (QED) is 0.844. The fraction of sp³-hybridized carbons (Fsp3) is 0.263. The summed E-state index contributed by atoms with van der Waals surface area (Å²) in [6.45, 7) is 3.75. The SMILES string of the molecule is Cc1cccc(C)c1C[C@@H](NC(=O)Cc1cc(F)cc(F)c1)C(=O)O. The van der Waals surface area contributed by atoms with Crippen molar-refractivity contribution in [3.8, 4) is 0 Å². The number of carboxylic acid groups (broad SMARTS) is 1. The Morgan fingerprint density at radius 3 is 2.16 bits per heavy atom. The van der Waals surface area contributed by atoms with Crippen molar-refractivity contribution in [2.75, 3.05) is 0 Å². The highest BCUT2D eigenvalue weighted by Crippen LogP contribution is 2.16. The smallest absolute Gasteiger partial charge is 0.326 e. The summed E-state index contributed by atoms with van der Waals surface area (Å²) in [6, 6.07) is 7.31. The second kappa shape index (κ2) is 7.88. The van der Waals surface area contributed by atoms with Crippen LogP contribution in [-0.2, 0) is 22.4 Å². The maximum absolute atomic E-state index is 13.2. The van der Waals surface area contributed by atoms with Crippen molar-refractivity contribution in [1.82, 2.24) is 5.32 Å². The van der Waals surface area contributed by atoms with Crippen LogP contribution in [0, 0.1) is 25.5 Å². The Morgan fingerprint density at radius 2 is 1.64 bits per heavy atom. The molecule has 6 heteroatoms. The van der Waals surface area contributed by atoms with Crippen molar-refractivity contribution in [2.45, 2.75) is 32.7 Å². The fourth-order valence-electron chi connectivity index (χ4n) is 2.72. The minimum absolute atomic E-state index is 0.136. The number of amides is 1. The van der Waals surface area contributed by atoms with Crippen molar-refractivity contribution in [3.05, 3.63) is 70.3 Å². The summed E-state index contributed by atoms with van der Waals surface area (Å²) in [7, 11) is 0. The zero-order valence-corrected chi connectivity index (χ0v) is 14.0. The molecular formula is C19H19F2NO3. The third-order valence-corrected chi connectivity index (χ3v) is 3.97. The van der Waals surface area contributed by atoms with Gasteiger partial charge < -0.3 is 10.4 Å². The molecule has 0 aliphatic carbocycles. The number of hydrogen-bond donors (Lipinski definition) is 2. The molecule has 0 saturated carbocycles. The maximum atomic E-state index is 13.2. The highest BCUT2D eigenvalue weighted by Gasteiger charge is 2.22. The van der Waals surface area contributed by atoms with E-state index < -0.39 is 29.6 Å². The van der Waals surface area contributed by atoms with Gasteiger partial charge in [0.1, 0.15) is 17.7 Å². The molecular weight excluding hydrogens is 328 g/mol. The molecule has 4 nitrogen and oxygen atoms in total. The van der Waals surface area contributed by atoms with E-state index in [1.807, 2.05) is 32.0 Å². The second-order valence-corrected chi connectivity index (χ2v) is 5.99. The van der Waals surface area contributed by atoms with Gasteiger partial charge in [-0.15, -0.1) is 0 Å². The molecule has 0 bridgehead atoms. The lowest BCUT2D eigenvalue weighted by atomic mass is 9.96. The van der Waals surface area contributed by atoms with Gasteiger partial charge in [0, 0.05) is 12.5 Å². The van der Waals surface area contributed by atoms with Crippen LogP contribution in [-0.4, -0.2) is 23.0 Å². The molecule has 0 aliphatic rings. The third-order valence-electron chi connectivity index (χ3n) is 3.97. The highest BCUT2D eigenvalue weighted by molar-refractivity contribution is 5.85. The van der Waals surface area contributed by atoms with Crippen molar-refractivity contribution >= 4 is 11.9 Å². The minimum Gasteiger partial charge on any atom is -0.480 e. The van der Waals surface area contributed by atoms with E-state index in [-0.39, 0.29) is 18.4 Å². The van der Waals surface area contributed by atoms with E-state index >= 15 is 0 Å². The Kier molecular flexibility index (Phi) is 5.85. The molecule has 132 valence electrons. The van der Waals surface area contributed by atoms with Crippen LogP contribution in [0.2, 0.25) is 0 Å². The van der Waals surface area contributed by atoms with Crippen LogP contribution in [0.15, 0.2) is 36.4 Å². The summed E-state index contributed by atoms with van der Waals surface area (Å²) in [6.07, 6.45) is -0.164. The van der Waals surface area contributed by atoms with E-state index in [1.54, 1.807) is 0 Å². The van der Waals surface area contributed by atoms with E-state index in [9.17, 15) is 23.5 Å². The Balaban J connectivity index is 2.11. The molecule has 2 aromatic rings. The number of carbonyl (C=O) groups is 2. The van der Waals surface area contributed by atoms with Crippen LogP contribution in [0.3, 0.4) is 0 Å². The molecule has 0 aromatic heterocycles. The average molecular weight is 347 g/mol. The van der Waals surface area contributed by atoms with Crippen LogP contribution in [0.1, 0.15) is 22.3 Å². The zero-order chi connectivity index (χ0) is 18.6. The molecule has 0 unspecified atom stereocenters. The maximum Gasteiger partial charge on any atom is 0.326 e. The van der Waals surface area contributed by atoms with E-state index in [0.29, 0.717) is 6.07 Å². The number of carboxylic acids is 1. The lowest BCUT2D eigenvalue weighted by Crippen LogP contribution is -2.43. The topological polar surface area (TPSA) is 66.4 Å². The largest absolute Gasteiger partial charge is 0.480 e. The molecule has 0 fully saturated rings. The second-order valence-electron chi connectivity index (χ2n) is 5.99. The third kappa shape index (κ3) is 5.11. The number of nitrogens with one attached hydrogen (secondary N) is 1. The van der Waals surface area contributed by atoms with E-state index in [4.69, 9.17) is 0 Å². The Labute approximate surface area is 144 Å². The van der Waals surface area contributed by atoms with Crippen LogP contribution in [0.25, 0.3) is 0 Å². The monoisotopic (exact) mass is 347 g/mol.